The highest BCUT2D eigenvalue weighted by molar-refractivity contribution is 14.1. The van der Waals surface area contributed by atoms with Gasteiger partial charge in [-0.05, 0) is 57.0 Å². The molecule has 0 unspecified atom stereocenters. The Hall–Kier alpha value is -3.79. The molecule has 0 aliphatic heterocycles. The maximum atomic E-state index is 12.1. The average Bonchev–Trinajstić information content (AvgIpc) is 2.84. The number of hydrogen-bond donors (Lipinski definition) is 0. The summed E-state index contributed by atoms with van der Waals surface area (Å²) in [5, 5.41) is 23.2. The van der Waals surface area contributed by atoms with Gasteiger partial charge in [0.05, 0.1) is 13.4 Å². The van der Waals surface area contributed by atoms with Crippen LogP contribution in [0.4, 0.5) is 11.4 Å². The highest BCUT2D eigenvalue weighted by Gasteiger charge is 2.46. The summed E-state index contributed by atoms with van der Waals surface area (Å²) >= 11 is 2.01. The minimum atomic E-state index is -0.452. The van der Waals surface area contributed by atoms with Crippen molar-refractivity contribution >= 4 is 34.0 Å². The van der Waals surface area contributed by atoms with Crippen LogP contribution in [-0.2, 0) is 0 Å². The Kier molecular flexibility index (Phi) is 4.66. The first-order chi connectivity index (χ1) is 16.5. The molecule has 0 spiro atoms. The van der Waals surface area contributed by atoms with Crippen LogP contribution in [0.5, 0.6) is 11.5 Å². The van der Waals surface area contributed by atoms with Crippen molar-refractivity contribution in [3.05, 3.63) is 136 Å². The van der Waals surface area contributed by atoms with E-state index in [1.165, 1.54) is 18.2 Å². The normalized spacial score (nSPS) is 16.9. The molecule has 8 heteroatoms. The Labute approximate surface area is 207 Å². The SMILES string of the molecule is O=[N+]([O-])c1ccc(Oc2ccc([N+](=O)[O-])c3c2C2c4ccccc4C3c3ccccc32)c(I)c1. The van der Waals surface area contributed by atoms with Crippen molar-refractivity contribution in [1.29, 1.82) is 0 Å². The summed E-state index contributed by atoms with van der Waals surface area (Å²) in [6, 6.07) is 23.7. The van der Waals surface area contributed by atoms with Gasteiger partial charge in [0.1, 0.15) is 11.5 Å². The second-order valence-electron chi connectivity index (χ2n) is 8.27. The Bertz CT molecular complexity index is 1490. The van der Waals surface area contributed by atoms with Gasteiger partial charge in [0.25, 0.3) is 11.4 Å². The van der Waals surface area contributed by atoms with Crippen LogP contribution in [0, 0.1) is 23.8 Å². The first kappa shape index (κ1) is 20.8. The summed E-state index contributed by atoms with van der Waals surface area (Å²) < 4.78 is 6.89. The zero-order chi connectivity index (χ0) is 23.6. The van der Waals surface area contributed by atoms with Crippen LogP contribution in [-0.4, -0.2) is 9.85 Å². The summed E-state index contributed by atoms with van der Waals surface area (Å²) in [7, 11) is 0. The molecular weight excluding hydrogens is 547 g/mol. The van der Waals surface area contributed by atoms with E-state index in [0.29, 0.717) is 20.6 Å². The maximum Gasteiger partial charge on any atom is 0.274 e. The van der Waals surface area contributed by atoms with Gasteiger partial charge in [-0.2, -0.15) is 0 Å². The number of ether oxygens (including phenoxy) is 1. The van der Waals surface area contributed by atoms with Crippen molar-refractivity contribution in [3.8, 4) is 11.5 Å². The molecule has 0 atom stereocenters. The Balaban J connectivity index is 1.59. The Morgan fingerprint density at radius 2 is 1.21 bits per heavy atom. The molecule has 34 heavy (non-hydrogen) atoms. The molecule has 0 radical (unpaired) electrons. The van der Waals surface area contributed by atoms with Gasteiger partial charge in [-0.1, -0.05) is 48.5 Å². The molecule has 0 heterocycles. The average molecular weight is 562 g/mol. The highest BCUT2D eigenvalue weighted by Crippen LogP contribution is 2.60. The van der Waals surface area contributed by atoms with Crippen molar-refractivity contribution in [1.82, 2.24) is 0 Å². The fraction of sp³-hybridized carbons (Fsp3) is 0.0769. The zero-order valence-electron chi connectivity index (χ0n) is 17.5. The van der Waals surface area contributed by atoms with Crippen LogP contribution >= 0.6 is 22.6 Å². The number of benzene rings is 4. The molecule has 4 aromatic rings. The number of halogens is 1. The van der Waals surface area contributed by atoms with E-state index in [-0.39, 0.29) is 28.1 Å². The van der Waals surface area contributed by atoms with Crippen molar-refractivity contribution < 1.29 is 14.6 Å². The highest BCUT2D eigenvalue weighted by atomic mass is 127. The lowest BCUT2D eigenvalue weighted by Gasteiger charge is -2.42. The van der Waals surface area contributed by atoms with Gasteiger partial charge in [0, 0.05) is 41.2 Å². The molecular formula is C26H15IN2O5. The van der Waals surface area contributed by atoms with E-state index in [4.69, 9.17) is 4.74 Å². The molecule has 166 valence electrons. The predicted molar refractivity (Wildman–Crippen MR) is 134 cm³/mol. The molecule has 0 saturated heterocycles. The van der Waals surface area contributed by atoms with Crippen LogP contribution in [0.15, 0.2) is 78.9 Å². The largest absolute Gasteiger partial charge is 0.456 e. The lowest BCUT2D eigenvalue weighted by atomic mass is 9.60. The van der Waals surface area contributed by atoms with Gasteiger partial charge in [-0.25, -0.2) is 0 Å². The Morgan fingerprint density at radius 3 is 1.71 bits per heavy atom. The smallest absolute Gasteiger partial charge is 0.274 e. The van der Waals surface area contributed by atoms with E-state index in [9.17, 15) is 20.2 Å². The van der Waals surface area contributed by atoms with Crippen LogP contribution in [0.3, 0.4) is 0 Å². The van der Waals surface area contributed by atoms with Crippen molar-refractivity contribution in [3.63, 3.8) is 0 Å². The van der Waals surface area contributed by atoms with E-state index in [1.54, 1.807) is 12.1 Å². The summed E-state index contributed by atoms with van der Waals surface area (Å²) in [6.07, 6.45) is 0. The van der Waals surface area contributed by atoms with Crippen LogP contribution in [0.2, 0.25) is 0 Å². The molecule has 0 amide bonds. The van der Waals surface area contributed by atoms with E-state index in [2.05, 4.69) is 12.1 Å². The number of nitrogens with zero attached hydrogens (tertiary/aromatic N) is 2. The molecule has 3 aliphatic carbocycles. The quantitative estimate of drug-likeness (QED) is 0.133. The van der Waals surface area contributed by atoms with E-state index in [0.717, 1.165) is 27.8 Å². The lowest BCUT2D eigenvalue weighted by molar-refractivity contribution is -0.385. The van der Waals surface area contributed by atoms with Crippen molar-refractivity contribution in [2.24, 2.45) is 0 Å². The third kappa shape index (κ3) is 2.95. The maximum absolute atomic E-state index is 12.1. The summed E-state index contributed by atoms with van der Waals surface area (Å²) in [6.45, 7) is 0. The monoisotopic (exact) mass is 562 g/mol. The fourth-order valence-electron chi connectivity index (χ4n) is 5.29. The molecule has 0 N–H and O–H groups in total. The summed E-state index contributed by atoms with van der Waals surface area (Å²) in [4.78, 5) is 22.5. The summed E-state index contributed by atoms with van der Waals surface area (Å²) in [5.41, 5.74) is 5.86. The first-order valence-corrected chi connectivity index (χ1v) is 11.6. The predicted octanol–water partition coefficient (Wildman–Crippen LogP) is 6.89. The van der Waals surface area contributed by atoms with Gasteiger partial charge in [0.2, 0.25) is 0 Å². The molecule has 2 bridgehead atoms. The number of nitro benzene ring substituents is 2. The molecule has 7 rings (SSSR count). The number of rotatable bonds is 4. The lowest BCUT2D eigenvalue weighted by Crippen LogP contribution is -2.28. The number of hydrogen-bond acceptors (Lipinski definition) is 5. The molecule has 7 nitrogen and oxygen atoms in total. The topological polar surface area (TPSA) is 95.5 Å². The fourth-order valence-corrected chi connectivity index (χ4v) is 5.90. The minimum Gasteiger partial charge on any atom is -0.456 e. The van der Waals surface area contributed by atoms with Gasteiger partial charge in [0.15, 0.2) is 0 Å². The van der Waals surface area contributed by atoms with Gasteiger partial charge >= 0.3 is 0 Å². The standard InChI is InChI=1S/C26H15IN2O5/c27-19-13-14(28(30)31)9-11-21(19)34-22-12-10-20(29(32)33)25-23-15-5-1-3-7-17(15)24(26(22)25)18-8-4-2-6-16(18)23/h1-13,23-24H. The minimum absolute atomic E-state index is 0.0237. The third-order valence-corrected chi connectivity index (χ3v) is 7.42. The first-order valence-electron chi connectivity index (χ1n) is 10.6. The second kappa shape index (κ2) is 7.63. The third-order valence-electron chi connectivity index (χ3n) is 6.58. The molecule has 4 aromatic carbocycles. The number of non-ortho nitro benzene ring substituents is 1. The molecule has 0 aromatic heterocycles. The van der Waals surface area contributed by atoms with Crippen LogP contribution < -0.4 is 4.74 Å². The zero-order valence-corrected chi connectivity index (χ0v) is 19.6. The molecule has 3 aliphatic rings. The summed E-state index contributed by atoms with van der Waals surface area (Å²) in [5.74, 6) is 0.502. The van der Waals surface area contributed by atoms with E-state index < -0.39 is 4.92 Å². The van der Waals surface area contributed by atoms with Gasteiger partial charge in [-0.3, -0.25) is 20.2 Å². The van der Waals surface area contributed by atoms with Crippen molar-refractivity contribution in [2.75, 3.05) is 0 Å². The van der Waals surface area contributed by atoms with Gasteiger partial charge < -0.3 is 4.74 Å². The number of nitro groups is 2. The van der Waals surface area contributed by atoms with E-state index >= 15 is 0 Å². The molecule has 0 saturated carbocycles. The van der Waals surface area contributed by atoms with Crippen molar-refractivity contribution in [2.45, 2.75) is 11.8 Å². The molecule has 0 fully saturated rings. The second-order valence-corrected chi connectivity index (χ2v) is 9.43. The van der Waals surface area contributed by atoms with Crippen LogP contribution in [0.1, 0.15) is 45.2 Å². The Morgan fingerprint density at radius 1 is 0.676 bits per heavy atom. The van der Waals surface area contributed by atoms with Crippen LogP contribution in [0.25, 0.3) is 0 Å². The van der Waals surface area contributed by atoms with E-state index in [1.807, 2.05) is 59.0 Å². The van der Waals surface area contributed by atoms with Gasteiger partial charge in [-0.15, -0.1) is 0 Å².